The van der Waals surface area contributed by atoms with Gasteiger partial charge in [-0.1, -0.05) is 31.9 Å². The van der Waals surface area contributed by atoms with E-state index in [1.54, 1.807) is 0 Å². The molecular weight excluding hydrogens is 310 g/mol. The van der Waals surface area contributed by atoms with E-state index < -0.39 is 9.84 Å². The van der Waals surface area contributed by atoms with Gasteiger partial charge >= 0.3 is 0 Å². The van der Waals surface area contributed by atoms with Crippen LogP contribution in [0, 0.1) is 0 Å². The van der Waals surface area contributed by atoms with E-state index in [-0.39, 0.29) is 11.8 Å². The predicted octanol–water partition coefficient (Wildman–Crippen LogP) is 2.41. The van der Waals surface area contributed by atoms with Crippen LogP contribution in [0.5, 0.6) is 0 Å². The van der Waals surface area contributed by atoms with Crippen molar-refractivity contribution >= 4 is 21.4 Å². The maximum absolute atomic E-state index is 11.6. The van der Waals surface area contributed by atoms with E-state index >= 15 is 0 Å². The number of sulfone groups is 1. The molecule has 0 spiro atoms. The van der Waals surface area contributed by atoms with Gasteiger partial charge in [0.2, 0.25) is 0 Å². The van der Waals surface area contributed by atoms with Gasteiger partial charge < -0.3 is 4.98 Å². The van der Waals surface area contributed by atoms with Crippen LogP contribution in [0.1, 0.15) is 44.6 Å². The molecule has 1 aromatic rings. The fourth-order valence-corrected chi connectivity index (χ4v) is 4.74. The molecule has 1 N–H and O–H groups in total. The van der Waals surface area contributed by atoms with E-state index in [0.29, 0.717) is 23.9 Å². The normalized spacial score (nSPS) is 21.2. The molecule has 120 valence electrons. The third-order valence-electron chi connectivity index (χ3n) is 4.04. The smallest absolute Gasteiger partial charge is 0.151 e. The lowest BCUT2D eigenvalue weighted by atomic mass is 10.2. The summed E-state index contributed by atoms with van der Waals surface area (Å²) in [4.78, 5) is 9.82. The summed E-state index contributed by atoms with van der Waals surface area (Å²) in [6.07, 6.45) is 3.82. The molecule has 0 bridgehead atoms. The summed E-state index contributed by atoms with van der Waals surface area (Å²) in [7, 11) is -2.86. The number of rotatable bonds is 7. The molecule has 21 heavy (non-hydrogen) atoms. The van der Waals surface area contributed by atoms with Gasteiger partial charge in [0, 0.05) is 19.0 Å². The Bertz CT molecular complexity index is 571. The summed E-state index contributed by atoms with van der Waals surface area (Å²) in [5.41, 5.74) is 0.897. The highest BCUT2D eigenvalue weighted by atomic mass is 35.5. The maximum atomic E-state index is 11.6. The molecule has 1 saturated heterocycles. The van der Waals surface area contributed by atoms with Crippen molar-refractivity contribution in [1.82, 2.24) is 14.9 Å². The average molecular weight is 334 g/mol. The Morgan fingerprint density at radius 2 is 2.19 bits per heavy atom. The van der Waals surface area contributed by atoms with Gasteiger partial charge in [-0.05, 0) is 19.4 Å². The van der Waals surface area contributed by atoms with Crippen LogP contribution in [-0.4, -0.2) is 47.4 Å². The zero-order valence-corrected chi connectivity index (χ0v) is 14.3. The average Bonchev–Trinajstić information content (AvgIpc) is 2.96. The summed E-state index contributed by atoms with van der Waals surface area (Å²) in [5, 5.41) is 0.514. The molecule has 1 fully saturated rings. The number of imidazole rings is 1. The molecule has 0 radical (unpaired) electrons. The standard InChI is InChI=1S/C14H24ClN3O2S/c1-3-5-6-13-16-12(14(15)17-13)9-18(4-2)11-7-8-21(19,20)10-11/h11H,3-10H2,1-2H3,(H,16,17)/t11-/m1/s1. The van der Waals surface area contributed by atoms with Crippen LogP contribution in [0.15, 0.2) is 0 Å². The quantitative estimate of drug-likeness (QED) is 0.832. The first-order chi connectivity index (χ1) is 9.95. The molecule has 1 aliphatic heterocycles. The van der Waals surface area contributed by atoms with E-state index in [9.17, 15) is 8.42 Å². The zero-order chi connectivity index (χ0) is 15.5. The van der Waals surface area contributed by atoms with E-state index in [2.05, 4.69) is 21.8 Å². The van der Waals surface area contributed by atoms with Gasteiger partial charge in [0.1, 0.15) is 5.82 Å². The van der Waals surface area contributed by atoms with E-state index in [1.807, 2.05) is 6.92 Å². The van der Waals surface area contributed by atoms with E-state index in [1.165, 1.54) is 0 Å². The van der Waals surface area contributed by atoms with Crippen molar-refractivity contribution in [2.45, 2.75) is 52.1 Å². The van der Waals surface area contributed by atoms with Crippen LogP contribution in [0.25, 0.3) is 0 Å². The number of hydrogen-bond donors (Lipinski definition) is 1. The molecule has 2 heterocycles. The first-order valence-corrected chi connectivity index (χ1v) is 9.82. The monoisotopic (exact) mass is 333 g/mol. The predicted molar refractivity (Wildman–Crippen MR) is 85.4 cm³/mol. The van der Waals surface area contributed by atoms with Crippen molar-refractivity contribution in [3.63, 3.8) is 0 Å². The van der Waals surface area contributed by atoms with E-state index in [0.717, 1.165) is 37.3 Å². The Kier molecular flexibility index (Phi) is 5.68. The van der Waals surface area contributed by atoms with Crippen LogP contribution in [0.4, 0.5) is 0 Å². The van der Waals surface area contributed by atoms with Crippen LogP contribution < -0.4 is 0 Å². The number of aromatic nitrogens is 2. The molecule has 0 unspecified atom stereocenters. The number of nitrogens with zero attached hydrogens (tertiary/aromatic N) is 2. The number of unbranched alkanes of at least 4 members (excludes halogenated alkanes) is 1. The zero-order valence-electron chi connectivity index (χ0n) is 12.7. The second kappa shape index (κ2) is 7.11. The highest BCUT2D eigenvalue weighted by molar-refractivity contribution is 7.91. The fraction of sp³-hybridized carbons (Fsp3) is 0.786. The van der Waals surface area contributed by atoms with Gasteiger partial charge in [-0.25, -0.2) is 13.4 Å². The molecule has 5 nitrogen and oxygen atoms in total. The van der Waals surface area contributed by atoms with E-state index in [4.69, 9.17) is 11.6 Å². The molecule has 0 aliphatic carbocycles. The first kappa shape index (κ1) is 16.8. The number of aryl methyl sites for hydroxylation is 1. The molecule has 0 amide bonds. The molecule has 1 aliphatic rings. The Morgan fingerprint density at radius 1 is 1.43 bits per heavy atom. The summed E-state index contributed by atoms with van der Waals surface area (Å²) in [5.74, 6) is 1.48. The van der Waals surface area contributed by atoms with Crippen LogP contribution in [0.2, 0.25) is 5.15 Å². The Balaban J connectivity index is 2.03. The molecular formula is C14H24ClN3O2S. The minimum Gasteiger partial charge on any atom is -0.344 e. The number of H-pyrrole nitrogens is 1. The van der Waals surface area contributed by atoms with Gasteiger partial charge in [-0.15, -0.1) is 0 Å². The number of halogens is 1. The highest BCUT2D eigenvalue weighted by Crippen LogP contribution is 2.22. The Hall–Kier alpha value is -0.590. The number of nitrogens with one attached hydrogen (secondary N) is 1. The maximum Gasteiger partial charge on any atom is 0.151 e. The lowest BCUT2D eigenvalue weighted by molar-refractivity contribution is 0.212. The summed E-state index contributed by atoms with van der Waals surface area (Å²) in [6.45, 7) is 5.63. The Labute approximate surface area is 132 Å². The minimum absolute atomic E-state index is 0.0958. The van der Waals surface area contributed by atoms with Crippen molar-refractivity contribution in [2.24, 2.45) is 0 Å². The largest absolute Gasteiger partial charge is 0.344 e. The SMILES string of the molecule is CCCCc1nc(Cl)c(CN(CC)[C@@H]2CCS(=O)(=O)C2)[nH]1. The lowest BCUT2D eigenvalue weighted by Gasteiger charge is -2.25. The minimum atomic E-state index is -2.86. The first-order valence-electron chi connectivity index (χ1n) is 7.63. The van der Waals surface area contributed by atoms with Gasteiger partial charge in [0.05, 0.1) is 17.2 Å². The molecule has 0 aromatic carbocycles. The second-order valence-electron chi connectivity index (χ2n) is 5.68. The Morgan fingerprint density at radius 3 is 2.76 bits per heavy atom. The van der Waals surface area contributed by atoms with Crippen molar-refractivity contribution < 1.29 is 8.42 Å². The van der Waals surface area contributed by atoms with Crippen LogP contribution in [0.3, 0.4) is 0 Å². The highest BCUT2D eigenvalue weighted by Gasteiger charge is 2.32. The van der Waals surface area contributed by atoms with Crippen molar-refractivity contribution in [1.29, 1.82) is 0 Å². The van der Waals surface area contributed by atoms with Crippen LogP contribution >= 0.6 is 11.6 Å². The van der Waals surface area contributed by atoms with Crippen molar-refractivity contribution in [3.05, 3.63) is 16.7 Å². The summed E-state index contributed by atoms with van der Waals surface area (Å²) < 4.78 is 23.3. The number of aromatic amines is 1. The second-order valence-corrected chi connectivity index (χ2v) is 8.26. The lowest BCUT2D eigenvalue weighted by Crippen LogP contribution is -2.35. The third-order valence-corrected chi connectivity index (χ3v) is 6.10. The van der Waals surface area contributed by atoms with Crippen molar-refractivity contribution in [3.8, 4) is 0 Å². The summed E-state index contributed by atoms with van der Waals surface area (Å²) in [6, 6.07) is 0.0958. The third kappa shape index (κ3) is 4.44. The van der Waals surface area contributed by atoms with Gasteiger partial charge in [-0.3, -0.25) is 4.90 Å². The molecule has 1 atom stereocenters. The molecule has 7 heteroatoms. The number of hydrogen-bond acceptors (Lipinski definition) is 4. The van der Waals surface area contributed by atoms with Crippen LogP contribution in [-0.2, 0) is 22.8 Å². The summed E-state index contributed by atoms with van der Waals surface area (Å²) >= 11 is 6.20. The van der Waals surface area contributed by atoms with Gasteiger partial charge in [0.15, 0.2) is 15.0 Å². The van der Waals surface area contributed by atoms with Crippen molar-refractivity contribution in [2.75, 3.05) is 18.1 Å². The molecule has 0 saturated carbocycles. The van der Waals surface area contributed by atoms with Gasteiger partial charge in [0.25, 0.3) is 0 Å². The molecule has 1 aromatic heterocycles. The molecule has 2 rings (SSSR count). The fourth-order valence-electron chi connectivity index (χ4n) is 2.77. The topological polar surface area (TPSA) is 66.1 Å². The van der Waals surface area contributed by atoms with Gasteiger partial charge in [-0.2, -0.15) is 0 Å².